The number of amidine groups is 1. The standard InChI is InChI=1S/C22H21Cl2N3OS2/c1-3-5-12-27-20(28)19(30-22(27)25-16-9-6-14(23)7-10-16)21-26(4-2)17-13-15(24)8-11-18(17)29-21/h6-11,13H,3-5,12H2,1-2H3. The van der Waals surface area contributed by atoms with Gasteiger partial charge in [-0.2, -0.15) is 0 Å². The molecular formula is C22H21Cl2N3OS2. The SMILES string of the molecule is CCCCN1C(=O)C(=C2Sc3ccc(Cl)cc3N2CC)SC1=Nc1ccc(Cl)cc1. The van der Waals surface area contributed by atoms with Crippen LogP contribution in [0, 0.1) is 0 Å². The van der Waals surface area contributed by atoms with Gasteiger partial charge < -0.3 is 4.90 Å². The Morgan fingerprint density at radius 3 is 2.40 bits per heavy atom. The van der Waals surface area contributed by atoms with Gasteiger partial charge in [-0.05, 0) is 67.6 Å². The Bertz CT molecular complexity index is 1040. The number of hydrogen-bond acceptors (Lipinski definition) is 5. The van der Waals surface area contributed by atoms with Gasteiger partial charge in [-0.15, -0.1) is 0 Å². The second kappa shape index (κ2) is 9.27. The smallest absolute Gasteiger partial charge is 0.269 e. The van der Waals surface area contributed by atoms with Gasteiger partial charge in [-0.25, -0.2) is 4.99 Å². The van der Waals surface area contributed by atoms with Crippen molar-refractivity contribution in [2.45, 2.75) is 31.6 Å². The van der Waals surface area contributed by atoms with Gasteiger partial charge in [-0.1, -0.05) is 48.3 Å². The number of nitrogens with zero attached hydrogens (tertiary/aromatic N) is 3. The number of unbranched alkanes of at least 4 members (excludes halogenated alkanes) is 1. The number of carbonyl (C=O) groups excluding carboxylic acids is 1. The highest BCUT2D eigenvalue weighted by Gasteiger charge is 2.39. The number of rotatable bonds is 5. The molecule has 0 aliphatic carbocycles. The summed E-state index contributed by atoms with van der Waals surface area (Å²) in [5, 5.41) is 3.02. The lowest BCUT2D eigenvalue weighted by Crippen LogP contribution is -2.30. The van der Waals surface area contributed by atoms with E-state index in [2.05, 4.69) is 18.7 Å². The summed E-state index contributed by atoms with van der Waals surface area (Å²) in [6, 6.07) is 13.2. The Hall–Kier alpha value is -1.60. The van der Waals surface area contributed by atoms with E-state index in [1.807, 2.05) is 42.5 Å². The van der Waals surface area contributed by atoms with Crippen LogP contribution in [0.25, 0.3) is 0 Å². The molecule has 0 saturated carbocycles. The van der Waals surface area contributed by atoms with Crippen molar-refractivity contribution < 1.29 is 4.79 Å². The van der Waals surface area contributed by atoms with Crippen molar-refractivity contribution in [3.63, 3.8) is 0 Å². The van der Waals surface area contributed by atoms with Crippen molar-refractivity contribution in [3.05, 3.63) is 62.4 Å². The maximum atomic E-state index is 13.4. The molecule has 4 nitrogen and oxygen atoms in total. The molecular weight excluding hydrogens is 457 g/mol. The van der Waals surface area contributed by atoms with Gasteiger partial charge in [-0.3, -0.25) is 9.69 Å². The Kier molecular flexibility index (Phi) is 6.68. The van der Waals surface area contributed by atoms with Crippen LogP contribution in [0.3, 0.4) is 0 Å². The highest BCUT2D eigenvalue weighted by atomic mass is 35.5. The first kappa shape index (κ1) is 21.6. The number of amides is 1. The largest absolute Gasteiger partial charge is 0.334 e. The molecule has 30 heavy (non-hydrogen) atoms. The topological polar surface area (TPSA) is 35.9 Å². The molecule has 2 aromatic carbocycles. The van der Waals surface area contributed by atoms with E-state index in [0.717, 1.165) is 45.6 Å². The van der Waals surface area contributed by atoms with Crippen molar-refractivity contribution in [2.75, 3.05) is 18.0 Å². The Labute approximate surface area is 195 Å². The predicted molar refractivity (Wildman–Crippen MR) is 130 cm³/mol. The molecule has 2 aliphatic rings. The van der Waals surface area contributed by atoms with E-state index in [-0.39, 0.29) is 5.91 Å². The van der Waals surface area contributed by atoms with E-state index >= 15 is 0 Å². The van der Waals surface area contributed by atoms with Crippen molar-refractivity contribution in [1.29, 1.82) is 0 Å². The van der Waals surface area contributed by atoms with Crippen LogP contribution in [0.1, 0.15) is 26.7 Å². The van der Waals surface area contributed by atoms with E-state index in [4.69, 9.17) is 28.2 Å². The van der Waals surface area contributed by atoms with Crippen LogP contribution in [0.15, 0.2) is 62.3 Å². The maximum Gasteiger partial charge on any atom is 0.269 e. The van der Waals surface area contributed by atoms with Crippen molar-refractivity contribution in [3.8, 4) is 0 Å². The third kappa shape index (κ3) is 4.24. The summed E-state index contributed by atoms with van der Waals surface area (Å²) in [7, 11) is 0. The molecule has 4 rings (SSSR count). The lowest BCUT2D eigenvalue weighted by molar-refractivity contribution is -0.122. The second-order valence-electron chi connectivity index (χ2n) is 6.88. The first-order valence-corrected chi connectivity index (χ1v) is 12.2. The van der Waals surface area contributed by atoms with Crippen LogP contribution in [0.5, 0.6) is 0 Å². The minimum atomic E-state index is 0.0148. The number of benzene rings is 2. The van der Waals surface area contributed by atoms with Crippen molar-refractivity contribution >= 4 is 69.2 Å². The van der Waals surface area contributed by atoms with Crippen molar-refractivity contribution in [1.82, 2.24) is 4.90 Å². The summed E-state index contributed by atoms with van der Waals surface area (Å²) in [5.41, 5.74) is 1.83. The lowest BCUT2D eigenvalue weighted by atomic mass is 10.3. The maximum absolute atomic E-state index is 13.4. The van der Waals surface area contributed by atoms with Crippen LogP contribution in [-0.4, -0.2) is 29.1 Å². The monoisotopic (exact) mass is 477 g/mol. The summed E-state index contributed by atoms with van der Waals surface area (Å²) in [6.07, 6.45) is 1.93. The highest BCUT2D eigenvalue weighted by Crippen LogP contribution is 2.51. The number of hydrogen-bond donors (Lipinski definition) is 0. The molecule has 0 N–H and O–H groups in total. The van der Waals surface area contributed by atoms with E-state index in [1.165, 1.54) is 11.8 Å². The zero-order valence-electron chi connectivity index (χ0n) is 16.7. The summed E-state index contributed by atoms with van der Waals surface area (Å²) in [6.45, 7) is 5.61. The average Bonchev–Trinajstić information content (AvgIpc) is 3.24. The molecule has 0 aromatic heterocycles. The molecule has 2 aromatic rings. The number of fused-ring (bicyclic) bond motifs is 1. The van der Waals surface area contributed by atoms with Crippen LogP contribution in [0.2, 0.25) is 10.0 Å². The quantitative estimate of drug-likeness (QED) is 0.428. The number of aliphatic imine (C=N–C) groups is 1. The number of carbonyl (C=O) groups is 1. The normalized spacial score (nSPS) is 19.9. The van der Waals surface area contributed by atoms with Gasteiger partial charge in [0.25, 0.3) is 5.91 Å². The molecule has 0 radical (unpaired) electrons. The lowest BCUT2D eigenvalue weighted by Gasteiger charge is -2.19. The number of anilines is 1. The fourth-order valence-electron chi connectivity index (χ4n) is 3.30. The Balaban J connectivity index is 1.74. The van der Waals surface area contributed by atoms with Gasteiger partial charge >= 0.3 is 0 Å². The summed E-state index contributed by atoms with van der Waals surface area (Å²) in [4.78, 5) is 24.0. The number of halogens is 2. The minimum Gasteiger partial charge on any atom is -0.334 e. The van der Waals surface area contributed by atoms with Gasteiger partial charge in [0.15, 0.2) is 5.17 Å². The first-order valence-electron chi connectivity index (χ1n) is 9.85. The van der Waals surface area contributed by atoms with E-state index in [1.54, 1.807) is 16.7 Å². The van der Waals surface area contributed by atoms with Gasteiger partial charge in [0.05, 0.1) is 11.4 Å². The third-order valence-electron chi connectivity index (χ3n) is 4.82. The number of thioether (sulfide) groups is 2. The van der Waals surface area contributed by atoms with Crippen LogP contribution in [-0.2, 0) is 4.79 Å². The van der Waals surface area contributed by atoms with Gasteiger partial charge in [0.1, 0.15) is 9.93 Å². The van der Waals surface area contributed by atoms with Crippen LogP contribution >= 0.6 is 46.7 Å². The summed E-state index contributed by atoms with van der Waals surface area (Å²) < 4.78 is 0. The molecule has 156 valence electrons. The zero-order chi connectivity index (χ0) is 21.3. The summed E-state index contributed by atoms with van der Waals surface area (Å²) in [5.74, 6) is 0.0148. The average molecular weight is 478 g/mol. The second-order valence-corrected chi connectivity index (χ2v) is 9.76. The Morgan fingerprint density at radius 2 is 1.70 bits per heavy atom. The molecule has 0 bridgehead atoms. The molecule has 1 saturated heterocycles. The molecule has 0 unspecified atom stereocenters. The predicted octanol–water partition coefficient (Wildman–Crippen LogP) is 7.16. The highest BCUT2D eigenvalue weighted by molar-refractivity contribution is 8.19. The van der Waals surface area contributed by atoms with Gasteiger partial charge in [0, 0.05) is 28.0 Å². The molecule has 0 atom stereocenters. The third-order valence-corrected chi connectivity index (χ3v) is 7.69. The minimum absolute atomic E-state index is 0.0148. The molecule has 2 aliphatic heterocycles. The van der Waals surface area contributed by atoms with E-state index < -0.39 is 0 Å². The van der Waals surface area contributed by atoms with Crippen LogP contribution < -0.4 is 4.90 Å². The molecule has 0 spiro atoms. The fraction of sp³-hybridized carbons (Fsp3) is 0.273. The summed E-state index contributed by atoms with van der Waals surface area (Å²) >= 11 is 15.3. The molecule has 1 amide bonds. The van der Waals surface area contributed by atoms with Crippen molar-refractivity contribution in [2.24, 2.45) is 4.99 Å². The Morgan fingerprint density at radius 1 is 0.967 bits per heavy atom. The zero-order valence-corrected chi connectivity index (χ0v) is 19.8. The van der Waals surface area contributed by atoms with Crippen LogP contribution in [0.4, 0.5) is 11.4 Å². The first-order chi connectivity index (χ1) is 14.5. The molecule has 1 fully saturated rings. The fourth-order valence-corrected chi connectivity index (χ4v) is 5.99. The van der Waals surface area contributed by atoms with Gasteiger partial charge in [0.2, 0.25) is 0 Å². The molecule has 2 heterocycles. The van der Waals surface area contributed by atoms with E-state index in [0.29, 0.717) is 21.8 Å². The molecule has 8 heteroatoms. The van der Waals surface area contributed by atoms with E-state index in [9.17, 15) is 4.79 Å².